The summed E-state index contributed by atoms with van der Waals surface area (Å²) in [6.07, 6.45) is 1.74. The SMILES string of the molecule is CC(C(=O)Nc1ccc(N2CCOCC2)cc1N1CCOCC1)n1cnc2ccccc21. The third-order valence-electron chi connectivity index (χ3n) is 6.25. The standard InChI is InChI=1S/C24H29N5O3/c1-18(29-17-25-20-4-2-3-5-22(20)29)24(30)26-21-7-6-19(27-8-12-31-13-9-27)16-23(21)28-10-14-32-15-11-28/h2-7,16-18H,8-15H2,1H3,(H,26,30). The number of morpholine rings is 2. The molecule has 0 saturated carbocycles. The summed E-state index contributed by atoms with van der Waals surface area (Å²) in [6, 6.07) is 13.8. The molecule has 3 heterocycles. The average Bonchev–Trinajstić information content (AvgIpc) is 3.29. The van der Waals surface area contributed by atoms with Crippen LogP contribution in [0.1, 0.15) is 13.0 Å². The van der Waals surface area contributed by atoms with Crippen molar-refractivity contribution >= 4 is 34.0 Å². The molecule has 1 amide bonds. The zero-order valence-corrected chi connectivity index (χ0v) is 18.4. The van der Waals surface area contributed by atoms with Gasteiger partial charge in [-0.05, 0) is 37.3 Å². The molecule has 5 rings (SSSR count). The number of rotatable bonds is 5. The van der Waals surface area contributed by atoms with Gasteiger partial charge >= 0.3 is 0 Å². The van der Waals surface area contributed by atoms with E-state index in [0.717, 1.165) is 67.5 Å². The van der Waals surface area contributed by atoms with Crippen molar-refractivity contribution in [2.75, 3.05) is 67.7 Å². The fraction of sp³-hybridized carbons (Fsp3) is 0.417. The van der Waals surface area contributed by atoms with Gasteiger partial charge in [-0.2, -0.15) is 0 Å². The summed E-state index contributed by atoms with van der Waals surface area (Å²) in [4.78, 5) is 22.3. The van der Waals surface area contributed by atoms with Crippen LogP contribution in [0, 0.1) is 0 Å². The van der Waals surface area contributed by atoms with Crippen LogP contribution in [-0.4, -0.2) is 68.1 Å². The Kier molecular flexibility index (Phi) is 5.96. The van der Waals surface area contributed by atoms with Gasteiger partial charge in [-0.3, -0.25) is 4.79 Å². The van der Waals surface area contributed by atoms with E-state index in [0.29, 0.717) is 13.2 Å². The third-order valence-corrected chi connectivity index (χ3v) is 6.25. The molecule has 2 fully saturated rings. The predicted molar refractivity (Wildman–Crippen MR) is 126 cm³/mol. The van der Waals surface area contributed by atoms with E-state index in [1.54, 1.807) is 6.33 Å². The Balaban J connectivity index is 1.41. The fourth-order valence-corrected chi connectivity index (χ4v) is 4.36. The Hall–Kier alpha value is -3.10. The number of hydrogen-bond acceptors (Lipinski definition) is 6. The molecule has 0 bridgehead atoms. The number of nitrogens with zero attached hydrogens (tertiary/aromatic N) is 4. The van der Waals surface area contributed by atoms with Crippen LogP contribution in [0.15, 0.2) is 48.8 Å². The third kappa shape index (κ3) is 4.16. The van der Waals surface area contributed by atoms with Gasteiger partial charge in [0, 0.05) is 31.9 Å². The smallest absolute Gasteiger partial charge is 0.247 e. The molecule has 8 heteroatoms. The maximum atomic E-state index is 13.2. The van der Waals surface area contributed by atoms with Gasteiger partial charge in [-0.1, -0.05) is 12.1 Å². The second kappa shape index (κ2) is 9.18. The Labute approximate surface area is 187 Å². The number of benzene rings is 2. The lowest BCUT2D eigenvalue weighted by atomic mass is 10.1. The van der Waals surface area contributed by atoms with Crippen molar-refractivity contribution in [3.63, 3.8) is 0 Å². The van der Waals surface area contributed by atoms with E-state index in [4.69, 9.17) is 9.47 Å². The number of carbonyl (C=O) groups excluding carboxylic acids is 1. The van der Waals surface area contributed by atoms with Crippen LogP contribution in [-0.2, 0) is 14.3 Å². The first kappa shape index (κ1) is 20.8. The molecule has 1 atom stereocenters. The molecule has 2 aromatic carbocycles. The quantitative estimate of drug-likeness (QED) is 0.665. The normalized spacial score (nSPS) is 18.0. The van der Waals surface area contributed by atoms with Gasteiger partial charge < -0.3 is 29.2 Å². The zero-order valence-electron chi connectivity index (χ0n) is 18.4. The molecule has 1 N–H and O–H groups in total. The summed E-state index contributed by atoms with van der Waals surface area (Å²) < 4.78 is 13.0. The molecule has 168 valence electrons. The number of fused-ring (bicyclic) bond motifs is 1. The minimum absolute atomic E-state index is 0.0678. The van der Waals surface area contributed by atoms with Crippen molar-refractivity contribution in [2.24, 2.45) is 0 Å². The molecular formula is C24H29N5O3. The average molecular weight is 436 g/mol. The number of amides is 1. The van der Waals surface area contributed by atoms with Crippen LogP contribution in [0.3, 0.4) is 0 Å². The van der Waals surface area contributed by atoms with Crippen molar-refractivity contribution in [3.05, 3.63) is 48.8 Å². The van der Waals surface area contributed by atoms with Gasteiger partial charge in [0.1, 0.15) is 6.04 Å². The van der Waals surface area contributed by atoms with E-state index in [9.17, 15) is 4.79 Å². The minimum atomic E-state index is -0.390. The molecule has 1 unspecified atom stereocenters. The van der Waals surface area contributed by atoms with E-state index < -0.39 is 0 Å². The highest BCUT2D eigenvalue weighted by atomic mass is 16.5. The maximum Gasteiger partial charge on any atom is 0.247 e. The number of aromatic nitrogens is 2. The number of para-hydroxylation sites is 2. The topological polar surface area (TPSA) is 71.9 Å². The highest BCUT2D eigenvalue weighted by Gasteiger charge is 2.22. The monoisotopic (exact) mass is 435 g/mol. The maximum absolute atomic E-state index is 13.2. The lowest BCUT2D eigenvalue weighted by Crippen LogP contribution is -2.38. The summed E-state index contributed by atoms with van der Waals surface area (Å²) in [6.45, 7) is 8.11. The van der Waals surface area contributed by atoms with Gasteiger partial charge in [-0.15, -0.1) is 0 Å². The number of ether oxygens (including phenoxy) is 2. The molecule has 2 aliphatic rings. The Morgan fingerprint density at radius 2 is 1.66 bits per heavy atom. The van der Waals surface area contributed by atoms with Gasteiger partial charge in [0.2, 0.25) is 5.91 Å². The Morgan fingerprint density at radius 3 is 2.41 bits per heavy atom. The second-order valence-corrected chi connectivity index (χ2v) is 8.21. The Bertz CT molecular complexity index is 1090. The number of imidazole rings is 1. The summed E-state index contributed by atoms with van der Waals surface area (Å²) in [5.74, 6) is -0.0678. The molecule has 32 heavy (non-hydrogen) atoms. The van der Waals surface area contributed by atoms with Crippen molar-refractivity contribution < 1.29 is 14.3 Å². The van der Waals surface area contributed by atoms with Crippen LogP contribution in [0.5, 0.6) is 0 Å². The highest BCUT2D eigenvalue weighted by molar-refractivity contribution is 5.98. The van der Waals surface area contributed by atoms with Crippen LogP contribution in [0.2, 0.25) is 0 Å². The first-order valence-electron chi connectivity index (χ1n) is 11.2. The van der Waals surface area contributed by atoms with E-state index in [-0.39, 0.29) is 11.9 Å². The van der Waals surface area contributed by atoms with Crippen LogP contribution in [0.25, 0.3) is 11.0 Å². The lowest BCUT2D eigenvalue weighted by molar-refractivity contribution is -0.118. The molecule has 8 nitrogen and oxygen atoms in total. The number of hydrogen-bond donors (Lipinski definition) is 1. The van der Waals surface area contributed by atoms with Crippen molar-refractivity contribution in [1.82, 2.24) is 9.55 Å². The Morgan fingerprint density at radius 1 is 0.969 bits per heavy atom. The molecule has 3 aromatic rings. The van der Waals surface area contributed by atoms with E-state index in [1.807, 2.05) is 41.8 Å². The van der Waals surface area contributed by atoms with Gasteiger partial charge in [0.05, 0.1) is 55.2 Å². The number of anilines is 3. The van der Waals surface area contributed by atoms with Crippen molar-refractivity contribution in [2.45, 2.75) is 13.0 Å². The molecular weight excluding hydrogens is 406 g/mol. The molecule has 0 aliphatic carbocycles. The summed E-state index contributed by atoms with van der Waals surface area (Å²) >= 11 is 0. The molecule has 2 saturated heterocycles. The van der Waals surface area contributed by atoms with E-state index >= 15 is 0 Å². The van der Waals surface area contributed by atoms with Crippen molar-refractivity contribution in [3.8, 4) is 0 Å². The van der Waals surface area contributed by atoms with Gasteiger partial charge in [-0.25, -0.2) is 4.98 Å². The van der Waals surface area contributed by atoms with Crippen LogP contribution < -0.4 is 15.1 Å². The number of nitrogens with one attached hydrogen (secondary N) is 1. The largest absolute Gasteiger partial charge is 0.378 e. The first-order chi connectivity index (χ1) is 15.7. The highest BCUT2D eigenvalue weighted by Crippen LogP contribution is 2.33. The van der Waals surface area contributed by atoms with Gasteiger partial charge in [0.25, 0.3) is 0 Å². The molecule has 0 spiro atoms. The number of carbonyl (C=O) groups is 1. The van der Waals surface area contributed by atoms with Crippen LogP contribution >= 0.6 is 0 Å². The molecule has 2 aliphatic heterocycles. The summed E-state index contributed by atoms with van der Waals surface area (Å²) in [7, 11) is 0. The van der Waals surface area contributed by atoms with Gasteiger partial charge in [0.15, 0.2) is 0 Å². The fourth-order valence-electron chi connectivity index (χ4n) is 4.36. The predicted octanol–water partition coefficient (Wildman–Crippen LogP) is 2.91. The van der Waals surface area contributed by atoms with Crippen LogP contribution in [0.4, 0.5) is 17.1 Å². The molecule has 1 aromatic heterocycles. The van der Waals surface area contributed by atoms with E-state index in [1.165, 1.54) is 0 Å². The van der Waals surface area contributed by atoms with E-state index in [2.05, 4.69) is 32.2 Å². The second-order valence-electron chi connectivity index (χ2n) is 8.21. The lowest BCUT2D eigenvalue weighted by Gasteiger charge is -2.33. The zero-order chi connectivity index (χ0) is 21.9. The summed E-state index contributed by atoms with van der Waals surface area (Å²) in [5, 5.41) is 3.18. The minimum Gasteiger partial charge on any atom is -0.378 e. The molecule has 0 radical (unpaired) electrons. The first-order valence-corrected chi connectivity index (χ1v) is 11.2. The summed E-state index contributed by atoms with van der Waals surface area (Å²) in [5.41, 5.74) is 4.85. The van der Waals surface area contributed by atoms with Crippen molar-refractivity contribution in [1.29, 1.82) is 0 Å².